The van der Waals surface area contributed by atoms with E-state index < -0.39 is 46.6 Å². The van der Waals surface area contributed by atoms with Gasteiger partial charge < -0.3 is 14.6 Å². The predicted molar refractivity (Wildman–Crippen MR) is 55.5 cm³/mol. The van der Waals surface area contributed by atoms with E-state index in [1.54, 1.807) is 0 Å². The summed E-state index contributed by atoms with van der Waals surface area (Å²) in [6.07, 6.45) is -5.62. The van der Waals surface area contributed by atoms with Crippen LogP contribution < -0.4 is 9.47 Å². The number of carboxylic acids is 1. The van der Waals surface area contributed by atoms with Crippen molar-refractivity contribution in [3.8, 4) is 11.6 Å². The topological polar surface area (TPSA) is 112 Å². The lowest BCUT2D eigenvalue weighted by molar-refractivity contribution is -0.386. The molecule has 110 valence electrons. The summed E-state index contributed by atoms with van der Waals surface area (Å²) < 4.78 is 44.6. The first kappa shape index (κ1) is 15.5. The molecule has 0 saturated carbocycles. The van der Waals surface area contributed by atoms with Crippen LogP contribution in [0.2, 0.25) is 0 Å². The van der Waals surface area contributed by atoms with Gasteiger partial charge in [0.25, 0.3) is 0 Å². The number of aromatic nitrogens is 1. The van der Waals surface area contributed by atoms with Gasteiger partial charge in [0.15, 0.2) is 0 Å². The van der Waals surface area contributed by atoms with Gasteiger partial charge in [-0.15, -0.1) is 13.2 Å². The molecule has 0 spiro atoms. The average molecular weight is 296 g/mol. The van der Waals surface area contributed by atoms with Crippen molar-refractivity contribution in [3.63, 3.8) is 0 Å². The molecule has 1 heterocycles. The number of pyridine rings is 1. The lowest BCUT2D eigenvalue weighted by Gasteiger charge is -2.13. The van der Waals surface area contributed by atoms with Crippen molar-refractivity contribution in [3.05, 3.63) is 21.9 Å². The third-order valence-electron chi connectivity index (χ3n) is 2.01. The van der Waals surface area contributed by atoms with Crippen molar-refractivity contribution >= 4 is 11.7 Å². The lowest BCUT2D eigenvalue weighted by atomic mass is 10.1. The summed E-state index contributed by atoms with van der Waals surface area (Å²) in [6, 6.07) is 0. The summed E-state index contributed by atoms with van der Waals surface area (Å²) >= 11 is 0. The summed E-state index contributed by atoms with van der Waals surface area (Å²) in [5.74, 6) is -3.29. The normalized spacial score (nSPS) is 11.0. The van der Waals surface area contributed by atoms with Crippen molar-refractivity contribution in [2.75, 3.05) is 7.11 Å². The maximum Gasteiger partial charge on any atom is 0.574 e. The number of hydrogen-bond donors (Lipinski definition) is 1. The molecule has 1 aromatic heterocycles. The van der Waals surface area contributed by atoms with Crippen molar-refractivity contribution in [2.45, 2.75) is 12.8 Å². The standard InChI is InChI=1S/C9H7F3N2O6/c1-19-7-4(2-6(15)16)8(20-9(10,11)12)13-3-5(7)14(17)18/h3H,2H2,1H3,(H,15,16). The summed E-state index contributed by atoms with van der Waals surface area (Å²) in [5.41, 5.74) is -1.44. The molecule has 0 radical (unpaired) electrons. The Morgan fingerprint density at radius 2 is 2.15 bits per heavy atom. The fourth-order valence-electron chi connectivity index (χ4n) is 1.37. The van der Waals surface area contributed by atoms with E-state index in [-0.39, 0.29) is 0 Å². The molecule has 0 fully saturated rings. The molecule has 8 nitrogen and oxygen atoms in total. The number of aliphatic carboxylic acids is 1. The van der Waals surface area contributed by atoms with Crippen LogP contribution in [0.4, 0.5) is 18.9 Å². The van der Waals surface area contributed by atoms with E-state index in [9.17, 15) is 28.1 Å². The first-order chi connectivity index (χ1) is 9.15. The Hall–Kier alpha value is -2.59. The summed E-state index contributed by atoms with van der Waals surface area (Å²) in [7, 11) is 0.949. The fraction of sp³-hybridized carbons (Fsp3) is 0.333. The number of carboxylic acid groups (broad SMARTS) is 1. The van der Waals surface area contributed by atoms with Crippen LogP contribution in [0.3, 0.4) is 0 Å². The van der Waals surface area contributed by atoms with Gasteiger partial charge in [0, 0.05) is 0 Å². The minimum Gasteiger partial charge on any atom is -0.490 e. The number of nitrogens with zero attached hydrogens (tertiary/aromatic N) is 2. The predicted octanol–water partition coefficient (Wildman–Crippen LogP) is 1.52. The van der Waals surface area contributed by atoms with Gasteiger partial charge in [-0.1, -0.05) is 0 Å². The van der Waals surface area contributed by atoms with Crippen molar-refractivity contribution in [2.24, 2.45) is 0 Å². The Morgan fingerprint density at radius 1 is 1.55 bits per heavy atom. The number of rotatable bonds is 5. The van der Waals surface area contributed by atoms with E-state index in [0.29, 0.717) is 6.20 Å². The van der Waals surface area contributed by atoms with E-state index in [4.69, 9.17) is 5.11 Å². The van der Waals surface area contributed by atoms with E-state index >= 15 is 0 Å². The Labute approximate surface area is 108 Å². The lowest BCUT2D eigenvalue weighted by Crippen LogP contribution is -2.20. The molecule has 0 bridgehead atoms. The molecule has 0 atom stereocenters. The Kier molecular flexibility index (Phi) is 4.32. The Morgan fingerprint density at radius 3 is 2.55 bits per heavy atom. The minimum absolute atomic E-state index is 0.491. The van der Waals surface area contributed by atoms with Crippen molar-refractivity contribution < 1.29 is 37.5 Å². The highest BCUT2D eigenvalue weighted by Crippen LogP contribution is 2.37. The summed E-state index contributed by atoms with van der Waals surface area (Å²) in [5, 5.41) is 19.3. The smallest absolute Gasteiger partial charge is 0.490 e. The molecule has 1 rings (SSSR count). The van der Waals surface area contributed by atoms with Crippen molar-refractivity contribution in [1.29, 1.82) is 0 Å². The van der Waals surface area contributed by atoms with Gasteiger partial charge in [-0.05, 0) is 0 Å². The zero-order chi connectivity index (χ0) is 15.5. The van der Waals surface area contributed by atoms with Crippen molar-refractivity contribution in [1.82, 2.24) is 4.98 Å². The van der Waals surface area contributed by atoms with Crippen LogP contribution >= 0.6 is 0 Å². The highest BCUT2D eigenvalue weighted by atomic mass is 19.4. The maximum atomic E-state index is 12.2. The Balaban J connectivity index is 3.44. The van der Waals surface area contributed by atoms with Gasteiger partial charge >= 0.3 is 18.0 Å². The number of alkyl halides is 3. The first-order valence-electron chi connectivity index (χ1n) is 4.83. The first-order valence-corrected chi connectivity index (χ1v) is 4.83. The molecular formula is C9H7F3N2O6. The van der Waals surface area contributed by atoms with Gasteiger partial charge in [-0.2, -0.15) is 0 Å². The second-order valence-electron chi connectivity index (χ2n) is 3.34. The number of hydrogen-bond acceptors (Lipinski definition) is 6. The number of nitro groups is 1. The number of carbonyl (C=O) groups is 1. The molecule has 1 aromatic rings. The fourth-order valence-corrected chi connectivity index (χ4v) is 1.37. The maximum absolute atomic E-state index is 12.2. The molecule has 0 saturated heterocycles. The largest absolute Gasteiger partial charge is 0.574 e. The van der Waals surface area contributed by atoms with Gasteiger partial charge in [0.1, 0.15) is 6.20 Å². The molecule has 1 N–H and O–H groups in total. The van der Waals surface area contributed by atoms with Crippen LogP contribution in [0.15, 0.2) is 6.20 Å². The highest BCUT2D eigenvalue weighted by molar-refractivity contribution is 5.73. The molecule has 0 aliphatic rings. The third kappa shape index (κ3) is 3.70. The van der Waals surface area contributed by atoms with Crippen LogP contribution in [0.25, 0.3) is 0 Å². The Bertz CT molecular complexity index is 545. The molecule has 0 aliphatic heterocycles. The number of halogens is 3. The van der Waals surface area contributed by atoms with Gasteiger partial charge in [0.05, 0.1) is 24.0 Å². The zero-order valence-corrected chi connectivity index (χ0v) is 9.80. The molecule has 0 aliphatic carbocycles. The molecular weight excluding hydrogens is 289 g/mol. The minimum atomic E-state index is -5.12. The summed E-state index contributed by atoms with van der Waals surface area (Å²) in [6.45, 7) is 0. The second-order valence-corrected chi connectivity index (χ2v) is 3.34. The second kappa shape index (κ2) is 5.59. The molecule has 11 heteroatoms. The van der Waals surface area contributed by atoms with E-state index in [0.717, 1.165) is 7.11 Å². The third-order valence-corrected chi connectivity index (χ3v) is 2.01. The van der Waals surface area contributed by atoms with Crippen LogP contribution in [0.5, 0.6) is 11.6 Å². The average Bonchev–Trinajstić information content (AvgIpc) is 2.28. The molecule has 0 aromatic carbocycles. The quantitative estimate of drug-likeness (QED) is 0.647. The molecule has 20 heavy (non-hydrogen) atoms. The van der Waals surface area contributed by atoms with E-state index in [1.165, 1.54) is 0 Å². The summed E-state index contributed by atoms with van der Waals surface area (Å²) in [4.78, 5) is 23.5. The van der Waals surface area contributed by atoms with Gasteiger partial charge in [0.2, 0.25) is 11.6 Å². The zero-order valence-electron chi connectivity index (χ0n) is 9.80. The van der Waals surface area contributed by atoms with Gasteiger partial charge in [-0.25, -0.2) is 4.98 Å². The van der Waals surface area contributed by atoms with Crippen LogP contribution in [-0.4, -0.2) is 34.5 Å². The number of ether oxygens (including phenoxy) is 2. The van der Waals surface area contributed by atoms with E-state index in [1.807, 2.05) is 0 Å². The van der Waals surface area contributed by atoms with E-state index in [2.05, 4.69) is 14.5 Å². The highest BCUT2D eigenvalue weighted by Gasteiger charge is 2.35. The number of methoxy groups -OCH3 is 1. The monoisotopic (exact) mass is 296 g/mol. The van der Waals surface area contributed by atoms with Gasteiger partial charge in [-0.3, -0.25) is 14.9 Å². The SMILES string of the molecule is COc1c([N+](=O)[O-])cnc(OC(F)(F)F)c1CC(=O)O. The van der Waals surface area contributed by atoms with Crippen LogP contribution in [-0.2, 0) is 11.2 Å². The van der Waals surface area contributed by atoms with Crippen LogP contribution in [0, 0.1) is 10.1 Å². The molecule has 0 amide bonds. The van der Waals surface area contributed by atoms with Crippen LogP contribution in [0.1, 0.15) is 5.56 Å². The molecule has 0 unspecified atom stereocenters.